The predicted octanol–water partition coefficient (Wildman–Crippen LogP) is 2.84. The standard InChI is InChI=1S/C13H18O2/c1-12-8-10(12)3-2-9(12)4-5-13(6-7-13)11(14)15/h4-5,9-10H,2-3,6-8H2,1H3,(H,14,15)/b5-4+. The minimum atomic E-state index is -0.630. The van der Waals surface area contributed by atoms with Crippen molar-refractivity contribution in [1.29, 1.82) is 0 Å². The molecule has 3 aliphatic rings. The molecule has 0 aromatic carbocycles. The lowest BCUT2D eigenvalue weighted by atomic mass is 9.90. The van der Waals surface area contributed by atoms with Crippen molar-refractivity contribution in [3.05, 3.63) is 12.2 Å². The summed E-state index contributed by atoms with van der Waals surface area (Å²) in [6.07, 6.45) is 9.87. The third-order valence-electron chi connectivity index (χ3n) is 4.99. The molecule has 0 aromatic rings. The molecule has 0 spiro atoms. The maximum atomic E-state index is 11.0. The van der Waals surface area contributed by atoms with Crippen LogP contribution < -0.4 is 0 Å². The molecule has 0 saturated heterocycles. The van der Waals surface area contributed by atoms with Gasteiger partial charge in [0.05, 0.1) is 5.41 Å². The van der Waals surface area contributed by atoms with Crippen molar-refractivity contribution in [2.75, 3.05) is 0 Å². The third-order valence-corrected chi connectivity index (χ3v) is 4.99. The first-order chi connectivity index (χ1) is 7.07. The number of carbonyl (C=O) groups is 1. The lowest BCUT2D eigenvalue weighted by molar-refractivity contribution is -0.141. The molecule has 0 heterocycles. The van der Waals surface area contributed by atoms with Gasteiger partial charge in [-0.05, 0) is 49.4 Å². The third kappa shape index (κ3) is 1.27. The highest BCUT2D eigenvalue weighted by atomic mass is 16.4. The van der Waals surface area contributed by atoms with Gasteiger partial charge in [-0.3, -0.25) is 4.79 Å². The second kappa shape index (κ2) is 2.66. The Bertz CT molecular complexity index is 338. The lowest BCUT2D eigenvalue weighted by Gasteiger charge is -2.15. The van der Waals surface area contributed by atoms with E-state index in [0.717, 1.165) is 18.8 Å². The van der Waals surface area contributed by atoms with Crippen molar-refractivity contribution in [2.24, 2.45) is 22.7 Å². The minimum Gasteiger partial charge on any atom is -0.481 e. The van der Waals surface area contributed by atoms with Gasteiger partial charge < -0.3 is 5.11 Å². The van der Waals surface area contributed by atoms with Gasteiger partial charge in [-0.2, -0.15) is 0 Å². The molecule has 3 aliphatic carbocycles. The van der Waals surface area contributed by atoms with Gasteiger partial charge in [0.2, 0.25) is 0 Å². The molecule has 3 fully saturated rings. The van der Waals surface area contributed by atoms with E-state index in [1.54, 1.807) is 0 Å². The molecule has 3 saturated carbocycles. The van der Waals surface area contributed by atoms with Crippen molar-refractivity contribution >= 4 is 5.97 Å². The molecule has 0 aromatic heterocycles. The Hall–Kier alpha value is -0.790. The van der Waals surface area contributed by atoms with Crippen molar-refractivity contribution < 1.29 is 9.90 Å². The van der Waals surface area contributed by atoms with Crippen LogP contribution in [0.1, 0.15) is 39.0 Å². The highest BCUT2D eigenvalue weighted by molar-refractivity contribution is 5.80. The Morgan fingerprint density at radius 3 is 2.53 bits per heavy atom. The fourth-order valence-electron chi connectivity index (χ4n) is 3.27. The molecule has 3 atom stereocenters. The van der Waals surface area contributed by atoms with Crippen LogP contribution in [0, 0.1) is 22.7 Å². The van der Waals surface area contributed by atoms with E-state index >= 15 is 0 Å². The first-order valence-corrected chi connectivity index (χ1v) is 6.00. The molecular weight excluding hydrogens is 188 g/mol. The van der Waals surface area contributed by atoms with Crippen LogP contribution in [0.2, 0.25) is 0 Å². The summed E-state index contributed by atoms with van der Waals surface area (Å²) in [5, 5.41) is 9.07. The number of aliphatic carboxylic acids is 1. The number of allylic oxidation sites excluding steroid dienone is 1. The SMILES string of the molecule is CC12CC1CCC2/C=C/C1(C(=O)O)CC1. The van der Waals surface area contributed by atoms with E-state index in [2.05, 4.69) is 13.0 Å². The van der Waals surface area contributed by atoms with Crippen molar-refractivity contribution in [2.45, 2.75) is 39.0 Å². The van der Waals surface area contributed by atoms with E-state index in [1.165, 1.54) is 19.3 Å². The average molecular weight is 206 g/mol. The molecule has 15 heavy (non-hydrogen) atoms. The maximum Gasteiger partial charge on any atom is 0.313 e. The van der Waals surface area contributed by atoms with Crippen molar-refractivity contribution in [3.8, 4) is 0 Å². The van der Waals surface area contributed by atoms with E-state index in [0.29, 0.717) is 11.3 Å². The number of carboxylic acids is 1. The van der Waals surface area contributed by atoms with Crippen LogP contribution in [0.3, 0.4) is 0 Å². The van der Waals surface area contributed by atoms with E-state index in [-0.39, 0.29) is 0 Å². The Morgan fingerprint density at radius 1 is 1.40 bits per heavy atom. The summed E-state index contributed by atoms with van der Waals surface area (Å²) in [7, 11) is 0. The van der Waals surface area contributed by atoms with Gasteiger partial charge in [-0.1, -0.05) is 19.1 Å². The first-order valence-electron chi connectivity index (χ1n) is 6.00. The Morgan fingerprint density at radius 2 is 2.13 bits per heavy atom. The summed E-state index contributed by atoms with van der Waals surface area (Å²) >= 11 is 0. The highest BCUT2D eigenvalue weighted by Gasteiger charge is 2.58. The van der Waals surface area contributed by atoms with Gasteiger partial charge >= 0.3 is 5.97 Å². The number of hydrogen-bond donors (Lipinski definition) is 1. The molecule has 0 radical (unpaired) electrons. The number of fused-ring (bicyclic) bond motifs is 1. The van der Waals surface area contributed by atoms with Gasteiger partial charge in [0.25, 0.3) is 0 Å². The first kappa shape index (κ1) is 9.44. The van der Waals surface area contributed by atoms with Crippen LogP contribution in [-0.4, -0.2) is 11.1 Å². The second-order valence-corrected chi connectivity index (χ2v) is 5.91. The van der Waals surface area contributed by atoms with Crippen LogP contribution >= 0.6 is 0 Å². The average Bonchev–Trinajstić information content (AvgIpc) is 3.05. The van der Waals surface area contributed by atoms with Crippen molar-refractivity contribution in [3.63, 3.8) is 0 Å². The van der Waals surface area contributed by atoms with Crippen LogP contribution in [0.25, 0.3) is 0 Å². The monoisotopic (exact) mass is 206 g/mol. The highest BCUT2D eigenvalue weighted by Crippen LogP contribution is 2.66. The van der Waals surface area contributed by atoms with Gasteiger partial charge in [0.15, 0.2) is 0 Å². The summed E-state index contributed by atoms with van der Waals surface area (Å²) in [6.45, 7) is 2.36. The van der Waals surface area contributed by atoms with Gasteiger partial charge in [-0.25, -0.2) is 0 Å². The molecule has 3 rings (SSSR count). The topological polar surface area (TPSA) is 37.3 Å². The molecule has 0 amide bonds. The molecule has 1 N–H and O–H groups in total. The molecule has 2 heteroatoms. The molecule has 0 bridgehead atoms. The minimum absolute atomic E-state index is 0.469. The van der Waals surface area contributed by atoms with E-state index in [1.807, 2.05) is 6.08 Å². The lowest BCUT2D eigenvalue weighted by Crippen LogP contribution is -2.13. The summed E-state index contributed by atoms with van der Waals surface area (Å²) in [5.74, 6) is 0.959. The Balaban J connectivity index is 1.71. The van der Waals surface area contributed by atoms with Gasteiger partial charge in [0, 0.05) is 0 Å². The quantitative estimate of drug-likeness (QED) is 0.721. The molecule has 2 nitrogen and oxygen atoms in total. The number of hydrogen-bond acceptors (Lipinski definition) is 1. The summed E-state index contributed by atoms with van der Waals surface area (Å²) < 4.78 is 0. The maximum absolute atomic E-state index is 11.0. The van der Waals surface area contributed by atoms with E-state index in [9.17, 15) is 4.79 Å². The summed E-state index contributed by atoms with van der Waals surface area (Å²) in [6, 6.07) is 0. The van der Waals surface area contributed by atoms with Crippen molar-refractivity contribution in [1.82, 2.24) is 0 Å². The second-order valence-electron chi connectivity index (χ2n) is 5.91. The van der Waals surface area contributed by atoms with Crippen LogP contribution in [-0.2, 0) is 4.79 Å². The van der Waals surface area contributed by atoms with E-state index < -0.39 is 11.4 Å². The smallest absolute Gasteiger partial charge is 0.313 e. The normalized spacial score (nSPS) is 45.4. The van der Waals surface area contributed by atoms with Crippen LogP contribution in [0.5, 0.6) is 0 Å². The summed E-state index contributed by atoms with van der Waals surface area (Å²) in [4.78, 5) is 11.0. The zero-order valence-electron chi connectivity index (χ0n) is 9.20. The Kier molecular flexibility index (Phi) is 1.67. The Labute approximate surface area is 90.4 Å². The molecule has 0 aliphatic heterocycles. The van der Waals surface area contributed by atoms with Gasteiger partial charge in [0.1, 0.15) is 0 Å². The fourth-order valence-corrected chi connectivity index (χ4v) is 3.27. The molecular formula is C13H18O2. The van der Waals surface area contributed by atoms with Crippen LogP contribution in [0.15, 0.2) is 12.2 Å². The molecule has 82 valence electrons. The molecule has 3 unspecified atom stereocenters. The summed E-state index contributed by atoms with van der Waals surface area (Å²) in [5.41, 5.74) is 0.0639. The van der Waals surface area contributed by atoms with E-state index in [4.69, 9.17) is 5.11 Å². The van der Waals surface area contributed by atoms with Gasteiger partial charge in [-0.15, -0.1) is 0 Å². The largest absolute Gasteiger partial charge is 0.481 e. The fraction of sp³-hybridized carbons (Fsp3) is 0.769. The zero-order chi connectivity index (χ0) is 10.7. The number of rotatable bonds is 3. The number of carboxylic acid groups (broad SMARTS) is 1. The van der Waals surface area contributed by atoms with Crippen LogP contribution in [0.4, 0.5) is 0 Å². The zero-order valence-corrected chi connectivity index (χ0v) is 9.20. The predicted molar refractivity (Wildman–Crippen MR) is 57.4 cm³/mol.